The first-order valence-electron chi connectivity index (χ1n) is 10.1. The van der Waals surface area contributed by atoms with Crippen LogP contribution in [0.1, 0.15) is 52.4 Å². The number of carbonyl (C=O) groups is 1. The second-order valence-electron chi connectivity index (χ2n) is 9.26. The van der Waals surface area contributed by atoms with Crippen LogP contribution in [0.15, 0.2) is 12.1 Å². The molecule has 0 radical (unpaired) electrons. The minimum absolute atomic E-state index is 0.302. The van der Waals surface area contributed by atoms with Gasteiger partial charge in [0.1, 0.15) is 0 Å². The number of quaternary nitrogens is 1. The van der Waals surface area contributed by atoms with Crippen LogP contribution < -0.4 is 10.6 Å². The number of rotatable bonds is 5. The zero-order valence-corrected chi connectivity index (χ0v) is 15.9. The van der Waals surface area contributed by atoms with Gasteiger partial charge in [0.15, 0.2) is 23.5 Å². The van der Waals surface area contributed by atoms with E-state index in [4.69, 9.17) is 0 Å². The van der Waals surface area contributed by atoms with E-state index >= 15 is 0 Å². The van der Waals surface area contributed by atoms with Crippen molar-refractivity contribution in [2.45, 2.75) is 64.5 Å². The van der Waals surface area contributed by atoms with Gasteiger partial charge in [-0.15, -0.1) is 0 Å². The van der Waals surface area contributed by atoms with E-state index in [1.807, 2.05) is 0 Å². The van der Waals surface area contributed by atoms with Gasteiger partial charge in [0.25, 0.3) is 5.91 Å². The number of nitrogens with one attached hydrogen (secondary N) is 1. The fourth-order valence-corrected chi connectivity index (χ4v) is 6.33. The molecule has 148 valence electrons. The lowest BCUT2D eigenvalue weighted by Gasteiger charge is -2.58. The number of halogens is 3. The highest BCUT2D eigenvalue weighted by molar-refractivity contribution is 5.93. The van der Waals surface area contributed by atoms with Crippen LogP contribution in [0.25, 0.3) is 0 Å². The predicted molar refractivity (Wildman–Crippen MR) is 96.4 cm³/mol. The van der Waals surface area contributed by atoms with Crippen LogP contribution in [0.3, 0.4) is 0 Å². The molecular weight excluding hydrogens is 353 g/mol. The number of amides is 1. The fraction of sp³-hybridized carbons (Fsp3) is 0.667. The van der Waals surface area contributed by atoms with Crippen LogP contribution in [0.2, 0.25) is 0 Å². The van der Waals surface area contributed by atoms with Gasteiger partial charge in [-0.3, -0.25) is 4.79 Å². The highest BCUT2D eigenvalue weighted by atomic mass is 19.2. The molecule has 6 heteroatoms. The monoisotopic (exact) mass is 381 g/mol. The molecule has 0 spiro atoms. The van der Waals surface area contributed by atoms with Gasteiger partial charge >= 0.3 is 0 Å². The van der Waals surface area contributed by atoms with Crippen LogP contribution in [0, 0.1) is 40.6 Å². The maximum Gasteiger partial charge on any atom is 0.282 e. The maximum absolute atomic E-state index is 13.8. The number of hydrogen-bond donors (Lipinski definition) is 2. The van der Waals surface area contributed by atoms with Crippen molar-refractivity contribution >= 4 is 11.6 Å². The molecule has 4 aliphatic rings. The normalized spacial score (nSPS) is 33.7. The Labute approximate surface area is 158 Å². The molecule has 0 aromatic heterocycles. The second-order valence-corrected chi connectivity index (χ2v) is 9.26. The molecule has 0 heterocycles. The van der Waals surface area contributed by atoms with E-state index in [1.165, 1.54) is 38.5 Å². The molecule has 4 bridgehead atoms. The smallest absolute Gasteiger partial charge is 0.282 e. The van der Waals surface area contributed by atoms with Gasteiger partial charge < -0.3 is 10.6 Å². The third-order valence-corrected chi connectivity index (χ3v) is 7.34. The zero-order valence-electron chi connectivity index (χ0n) is 15.9. The Morgan fingerprint density at radius 2 is 1.59 bits per heavy atom. The first kappa shape index (κ1) is 18.8. The first-order valence-corrected chi connectivity index (χ1v) is 10.1. The van der Waals surface area contributed by atoms with Crippen LogP contribution in [0.4, 0.5) is 18.9 Å². The summed E-state index contributed by atoms with van der Waals surface area (Å²) in [6.07, 6.45) is 7.88. The number of nitrogens with two attached hydrogens (primary N) is 1. The minimum Gasteiger partial charge on any atom is -0.334 e. The van der Waals surface area contributed by atoms with Gasteiger partial charge in [0.2, 0.25) is 0 Å². The molecule has 3 N–H and O–H groups in total. The minimum atomic E-state index is -1.56. The van der Waals surface area contributed by atoms with Gasteiger partial charge in [0, 0.05) is 5.41 Å². The molecule has 1 aromatic rings. The van der Waals surface area contributed by atoms with E-state index in [0.717, 1.165) is 29.9 Å². The SMILES string of the molecule is C[C@H]([NH2+][C@H](C)C(=O)Nc1ccc(F)c(F)c1F)C12CC3CC(CC(C3)C1)C2. The molecule has 1 amide bonds. The van der Waals surface area contributed by atoms with Crippen molar-refractivity contribution in [1.82, 2.24) is 0 Å². The first-order chi connectivity index (χ1) is 12.8. The molecule has 27 heavy (non-hydrogen) atoms. The molecule has 4 aliphatic carbocycles. The fourth-order valence-electron chi connectivity index (χ4n) is 6.33. The Bertz CT molecular complexity index is 716. The lowest BCUT2D eigenvalue weighted by molar-refractivity contribution is -0.718. The molecule has 0 saturated heterocycles. The summed E-state index contributed by atoms with van der Waals surface area (Å²) in [4.78, 5) is 12.5. The Morgan fingerprint density at radius 1 is 1.04 bits per heavy atom. The van der Waals surface area contributed by atoms with E-state index in [1.54, 1.807) is 6.92 Å². The summed E-state index contributed by atoms with van der Waals surface area (Å²) in [5.74, 6) is -2.05. The Kier molecular flexibility index (Phi) is 4.73. The van der Waals surface area contributed by atoms with Crippen LogP contribution in [0.5, 0.6) is 0 Å². The third-order valence-electron chi connectivity index (χ3n) is 7.34. The number of carbonyl (C=O) groups excluding carboxylic acids is 1. The summed E-state index contributed by atoms with van der Waals surface area (Å²) in [6, 6.07) is 1.75. The highest BCUT2D eigenvalue weighted by Gasteiger charge is 2.54. The molecule has 5 rings (SSSR count). The lowest BCUT2D eigenvalue weighted by Crippen LogP contribution is -2.98. The van der Waals surface area contributed by atoms with Crippen LogP contribution in [-0.2, 0) is 4.79 Å². The van der Waals surface area contributed by atoms with Crippen LogP contribution in [-0.4, -0.2) is 18.0 Å². The zero-order chi connectivity index (χ0) is 19.3. The molecule has 0 aliphatic heterocycles. The topological polar surface area (TPSA) is 45.7 Å². The Morgan fingerprint density at radius 3 is 2.15 bits per heavy atom. The van der Waals surface area contributed by atoms with E-state index in [-0.39, 0.29) is 5.69 Å². The van der Waals surface area contributed by atoms with Crippen molar-refractivity contribution in [1.29, 1.82) is 0 Å². The van der Waals surface area contributed by atoms with Crippen molar-refractivity contribution in [2.24, 2.45) is 23.2 Å². The quantitative estimate of drug-likeness (QED) is 0.752. The summed E-state index contributed by atoms with van der Waals surface area (Å²) in [5.41, 5.74) is -0.0158. The van der Waals surface area contributed by atoms with Crippen molar-refractivity contribution in [3.63, 3.8) is 0 Å². The van der Waals surface area contributed by atoms with E-state index in [9.17, 15) is 18.0 Å². The highest BCUT2D eigenvalue weighted by Crippen LogP contribution is 2.60. The molecule has 2 atom stereocenters. The molecule has 3 nitrogen and oxygen atoms in total. The molecule has 1 aromatic carbocycles. The molecule has 4 fully saturated rings. The second kappa shape index (κ2) is 6.80. The average molecular weight is 381 g/mol. The largest absolute Gasteiger partial charge is 0.334 e. The van der Waals surface area contributed by atoms with Crippen molar-refractivity contribution in [3.05, 3.63) is 29.6 Å². The van der Waals surface area contributed by atoms with Crippen LogP contribution >= 0.6 is 0 Å². The Balaban J connectivity index is 1.41. The molecule has 4 saturated carbocycles. The Hall–Kier alpha value is -1.56. The number of hydrogen-bond acceptors (Lipinski definition) is 1. The van der Waals surface area contributed by atoms with Gasteiger partial charge in [0.05, 0.1) is 11.7 Å². The lowest BCUT2D eigenvalue weighted by atomic mass is 9.48. The molecule has 0 unspecified atom stereocenters. The summed E-state index contributed by atoms with van der Waals surface area (Å²) < 4.78 is 40.2. The van der Waals surface area contributed by atoms with E-state index in [0.29, 0.717) is 11.5 Å². The summed E-state index contributed by atoms with van der Waals surface area (Å²) in [6.45, 7) is 3.99. The summed E-state index contributed by atoms with van der Waals surface area (Å²) in [7, 11) is 0. The predicted octanol–water partition coefficient (Wildman–Crippen LogP) is 3.60. The van der Waals surface area contributed by atoms with Gasteiger partial charge in [-0.25, -0.2) is 13.2 Å². The van der Waals surface area contributed by atoms with Crippen molar-refractivity contribution < 1.29 is 23.3 Å². The van der Waals surface area contributed by atoms with Crippen molar-refractivity contribution in [2.75, 3.05) is 5.32 Å². The maximum atomic E-state index is 13.8. The van der Waals surface area contributed by atoms with Gasteiger partial charge in [-0.2, -0.15) is 0 Å². The standard InChI is InChI=1S/C21H27F3N2O/c1-11(20(27)26-17-4-3-16(22)18(23)19(17)24)25-12(2)21-8-13-5-14(9-21)7-15(6-13)10-21/h3-4,11-15,25H,5-10H2,1-2H3,(H,26,27)/p+1/t11-,12+,13?,14?,15?,21?/m1/s1. The van der Waals surface area contributed by atoms with Gasteiger partial charge in [-0.1, -0.05) is 0 Å². The van der Waals surface area contributed by atoms with E-state index < -0.39 is 29.4 Å². The van der Waals surface area contributed by atoms with Gasteiger partial charge in [-0.05, 0) is 82.3 Å². The molecular formula is C21H28F3N2O+. The third kappa shape index (κ3) is 3.37. The average Bonchev–Trinajstić information content (AvgIpc) is 2.61. The summed E-state index contributed by atoms with van der Waals surface area (Å²) in [5, 5.41) is 4.48. The number of anilines is 1. The summed E-state index contributed by atoms with van der Waals surface area (Å²) >= 11 is 0. The van der Waals surface area contributed by atoms with Crippen molar-refractivity contribution in [3.8, 4) is 0 Å². The van der Waals surface area contributed by atoms with E-state index in [2.05, 4.69) is 17.6 Å². The number of benzene rings is 1.